The Morgan fingerprint density at radius 3 is 2.67 bits per heavy atom. The van der Waals surface area contributed by atoms with Crippen LogP contribution in [0.4, 0.5) is 5.69 Å². The van der Waals surface area contributed by atoms with Crippen molar-refractivity contribution < 1.29 is 1.41 Å². The molecular weight excluding hydrogens is 186 g/mol. The van der Waals surface area contributed by atoms with Crippen LogP contribution in [0.25, 0.3) is 10.9 Å². The van der Waals surface area contributed by atoms with Crippen molar-refractivity contribution in [3.05, 3.63) is 30.0 Å². The van der Waals surface area contributed by atoms with Crippen molar-refractivity contribution in [3.8, 4) is 0 Å². The minimum atomic E-state index is 0.790. The summed E-state index contributed by atoms with van der Waals surface area (Å²) in [7, 11) is 1.99. The van der Waals surface area contributed by atoms with E-state index in [4.69, 9.17) is 1.41 Å². The number of rotatable bonds is 1. The second kappa shape index (κ2) is 4.73. The summed E-state index contributed by atoms with van der Waals surface area (Å²) in [5.74, 6) is 0. The zero-order chi connectivity index (χ0) is 12.1. The quantitative estimate of drug-likeness (QED) is 0.677. The van der Waals surface area contributed by atoms with Crippen molar-refractivity contribution in [2.75, 3.05) is 0 Å². The van der Waals surface area contributed by atoms with Gasteiger partial charge in [-0.2, -0.15) is 5.11 Å². The largest absolute Gasteiger partial charge is 0.346 e. The minimum absolute atomic E-state index is 0.790. The Labute approximate surface area is 91.7 Å². The van der Waals surface area contributed by atoms with E-state index in [1.807, 2.05) is 52.1 Å². The van der Waals surface area contributed by atoms with Crippen molar-refractivity contribution in [2.45, 2.75) is 20.8 Å². The third kappa shape index (κ3) is 1.77. The van der Waals surface area contributed by atoms with Crippen LogP contribution in [0.2, 0.25) is 1.41 Å². The van der Waals surface area contributed by atoms with E-state index in [1.54, 1.807) is 0 Å². The standard InChI is InChI=1S/C10H11N3.C2H6/c1-7-10(12-11)8-5-3-4-6-9(8)13(7)2;1-2/h3-6,11H,1-2H3;1-2H3/i/hD. The van der Waals surface area contributed by atoms with Gasteiger partial charge in [0.2, 0.25) is 1.41 Å². The van der Waals surface area contributed by atoms with Crippen molar-refractivity contribution in [3.63, 3.8) is 0 Å². The van der Waals surface area contributed by atoms with Gasteiger partial charge in [-0.3, -0.25) is 0 Å². The van der Waals surface area contributed by atoms with Gasteiger partial charge in [0.1, 0.15) is 5.69 Å². The van der Waals surface area contributed by atoms with Gasteiger partial charge in [0.15, 0.2) is 0 Å². The molecular formula is C12H17N3. The molecule has 2 rings (SSSR count). The molecule has 1 aromatic heterocycles. The molecule has 15 heavy (non-hydrogen) atoms. The average molecular weight is 204 g/mol. The van der Waals surface area contributed by atoms with Gasteiger partial charge in [-0.15, -0.1) is 0 Å². The fourth-order valence-electron chi connectivity index (χ4n) is 1.63. The summed E-state index contributed by atoms with van der Waals surface area (Å²) in [6.45, 7) is 5.98. The highest BCUT2D eigenvalue weighted by molar-refractivity contribution is 5.93. The number of para-hydroxylation sites is 1. The van der Waals surface area contributed by atoms with Gasteiger partial charge in [0.05, 0.1) is 5.52 Å². The number of nitrogens with one attached hydrogen (secondary N) is 1. The number of hydrogen-bond acceptors (Lipinski definition) is 2. The number of nitrogens with zero attached hydrogens (tertiary/aromatic N) is 2. The topological polar surface area (TPSA) is 41.1 Å². The third-order valence-corrected chi connectivity index (χ3v) is 2.47. The zero-order valence-electron chi connectivity index (χ0n) is 10.7. The molecule has 0 radical (unpaired) electrons. The Kier molecular flexibility index (Phi) is 3.12. The number of hydrogen-bond donors (Lipinski definition) is 1. The molecule has 0 saturated heterocycles. The maximum absolute atomic E-state index is 6.77. The Morgan fingerprint density at radius 1 is 1.33 bits per heavy atom. The molecule has 0 fully saturated rings. The molecule has 0 amide bonds. The van der Waals surface area contributed by atoms with E-state index >= 15 is 0 Å². The molecule has 0 atom stereocenters. The molecule has 0 aliphatic heterocycles. The van der Waals surface area contributed by atoms with Crippen LogP contribution in [-0.2, 0) is 7.05 Å². The van der Waals surface area contributed by atoms with E-state index in [-0.39, 0.29) is 0 Å². The monoisotopic (exact) mass is 204 g/mol. The Morgan fingerprint density at radius 2 is 2.00 bits per heavy atom. The molecule has 3 nitrogen and oxygen atoms in total. The highest BCUT2D eigenvalue weighted by Gasteiger charge is 2.09. The summed E-state index contributed by atoms with van der Waals surface area (Å²) in [6.07, 6.45) is 0. The molecule has 1 N–H and O–H groups in total. The van der Waals surface area contributed by atoms with Crippen LogP contribution in [0.1, 0.15) is 19.5 Å². The van der Waals surface area contributed by atoms with E-state index in [1.165, 1.54) is 0 Å². The molecule has 1 heterocycles. The van der Waals surface area contributed by atoms with E-state index < -0.39 is 0 Å². The minimum Gasteiger partial charge on any atom is -0.346 e. The zero-order valence-corrected chi connectivity index (χ0v) is 9.65. The van der Waals surface area contributed by atoms with E-state index in [0.717, 1.165) is 22.3 Å². The second-order valence-electron chi connectivity index (χ2n) is 3.11. The van der Waals surface area contributed by atoms with Crippen molar-refractivity contribution in [2.24, 2.45) is 12.2 Å². The summed E-state index contributed by atoms with van der Waals surface area (Å²) in [4.78, 5) is 0. The normalized spacial score (nSPS) is 11.3. The highest BCUT2D eigenvalue weighted by Crippen LogP contribution is 2.31. The fraction of sp³-hybridized carbons (Fsp3) is 0.333. The van der Waals surface area contributed by atoms with Gasteiger partial charge in [0.25, 0.3) is 0 Å². The van der Waals surface area contributed by atoms with Gasteiger partial charge >= 0.3 is 0 Å². The molecule has 2 aromatic rings. The van der Waals surface area contributed by atoms with Crippen LogP contribution >= 0.6 is 0 Å². The molecule has 3 heteroatoms. The van der Waals surface area contributed by atoms with E-state index in [0.29, 0.717) is 0 Å². The van der Waals surface area contributed by atoms with Crippen molar-refractivity contribution >= 4 is 16.6 Å². The smallest absolute Gasteiger partial charge is 0.214 e. The van der Waals surface area contributed by atoms with Gasteiger partial charge in [-0.25, -0.2) is 5.52 Å². The molecule has 0 saturated carbocycles. The maximum Gasteiger partial charge on any atom is 0.214 e. The van der Waals surface area contributed by atoms with Crippen LogP contribution in [0, 0.1) is 12.4 Å². The molecule has 0 aliphatic carbocycles. The molecule has 0 aliphatic rings. The molecule has 0 spiro atoms. The summed E-state index contributed by atoms with van der Waals surface area (Å²) in [5.41, 5.74) is 6.03. The average Bonchev–Trinajstić information content (AvgIpc) is 2.58. The molecule has 1 aromatic carbocycles. The lowest BCUT2D eigenvalue weighted by Gasteiger charge is -1.96. The lowest BCUT2D eigenvalue weighted by atomic mass is 10.2. The molecule has 0 unspecified atom stereocenters. The maximum atomic E-state index is 6.77. The first-order chi connectivity index (χ1) is 7.75. The van der Waals surface area contributed by atoms with Crippen LogP contribution < -0.4 is 0 Å². The summed E-state index contributed by atoms with van der Waals surface area (Å²) < 4.78 is 8.83. The van der Waals surface area contributed by atoms with E-state index in [9.17, 15) is 0 Å². The van der Waals surface area contributed by atoms with Crippen molar-refractivity contribution in [1.82, 2.24) is 4.57 Å². The Bertz CT molecular complexity index is 500. The first kappa shape index (κ1) is 9.90. The molecule has 80 valence electrons. The van der Waals surface area contributed by atoms with Gasteiger partial charge in [0, 0.05) is 18.1 Å². The summed E-state index contributed by atoms with van der Waals surface area (Å²) in [6, 6.07) is 7.98. The van der Waals surface area contributed by atoms with E-state index in [2.05, 4.69) is 15.2 Å². The van der Waals surface area contributed by atoms with Crippen LogP contribution in [0.5, 0.6) is 0 Å². The Balaban J connectivity index is 0.000000606. The van der Waals surface area contributed by atoms with Crippen LogP contribution in [0.15, 0.2) is 29.4 Å². The number of aromatic nitrogens is 1. The van der Waals surface area contributed by atoms with Gasteiger partial charge in [-0.1, -0.05) is 32.0 Å². The summed E-state index contributed by atoms with van der Waals surface area (Å²) in [5, 5.41) is 4.87. The van der Waals surface area contributed by atoms with Crippen LogP contribution in [-0.4, -0.2) is 4.57 Å². The third-order valence-electron chi connectivity index (χ3n) is 2.47. The highest BCUT2D eigenvalue weighted by atomic mass is 15.0. The van der Waals surface area contributed by atoms with Crippen LogP contribution in [0.3, 0.4) is 0 Å². The van der Waals surface area contributed by atoms with Gasteiger partial charge in [-0.05, 0) is 13.0 Å². The number of fused-ring (bicyclic) bond motifs is 1. The Hall–Kier alpha value is -1.64. The number of aryl methyl sites for hydroxylation is 1. The predicted molar refractivity (Wildman–Crippen MR) is 63.8 cm³/mol. The molecule has 0 bridgehead atoms. The fourth-order valence-corrected chi connectivity index (χ4v) is 1.63. The lowest BCUT2D eigenvalue weighted by Crippen LogP contribution is -1.88. The lowest BCUT2D eigenvalue weighted by molar-refractivity contribution is 0.913. The second-order valence-corrected chi connectivity index (χ2v) is 3.11. The first-order valence-corrected chi connectivity index (χ1v) is 5.15. The predicted octanol–water partition coefficient (Wildman–Crippen LogP) is 4.18. The van der Waals surface area contributed by atoms with Crippen molar-refractivity contribution in [1.29, 1.82) is 5.52 Å². The SMILES string of the molecule is CC.[2H]N=Nc1c(C)n(C)c2ccccc12. The van der Waals surface area contributed by atoms with Gasteiger partial charge < -0.3 is 4.57 Å². The summed E-state index contributed by atoms with van der Waals surface area (Å²) >= 11 is 0. The first-order valence-electron chi connectivity index (χ1n) is 5.59. The number of benzene rings is 1.